The summed E-state index contributed by atoms with van der Waals surface area (Å²) in [5, 5.41) is 3.29. The number of nitrogens with zero attached hydrogens (tertiary/aromatic N) is 1. The fraction of sp³-hybridized carbons (Fsp3) is 0.389. The minimum Gasteiger partial charge on any atom is -0.381 e. The number of rotatable bonds is 5. The van der Waals surface area contributed by atoms with Gasteiger partial charge < -0.3 is 10.1 Å². The zero-order chi connectivity index (χ0) is 17.9. The van der Waals surface area contributed by atoms with E-state index in [2.05, 4.69) is 38.4 Å². The molecule has 0 aliphatic carbocycles. The Morgan fingerprint density at radius 3 is 2.52 bits per heavy atom. The van der Waals surface area contributed by atoms with E-state index in [4.69, 9.17) is 4.74 Å². The second-order valence-electron chi connectivity index (χ2n) is 6.38. The molecule has 0 saturated carbocycles. The molecule has 1 aromatic heterocycles. The average molecular weight is 425 g/mol. The van der Waals surface area contributed by atoms with E-state index in [0.717, 1.165) is 17.3 Å². The molecule has 0 radical (unpaired) electrons. The lowest BCUT2D eigenvalue weighted by Crippen LogP contribution is -2.40. The summed E-state index contributed by atoms with van der Waals surface area (Å²) in [6, 6.07) is 11.5. The summed E-state index contributed by atoms with van der Waals surface area (Å²) in [7, 11) is -3.33. The quantitative estimate of drug-likeness (QED) is 0.796. The molecule has 2 aromatic rings. The Bertz CT molecular complexity index is 832. The van der Waals surface area contributed by atoms with Crippen molar-refractivity contribution in [3.63, 3.8) is 0 Å². The van der Waals surface area contributed by atoms with Gasteiger partial charge in [0.2, 0.25) is 0 Å². The third-order valence-corrected chi connectivity index (χ3v) is 6.33. The molecule has 2 heterocycles. The van der Waals surface area contributed by atoms with Crippen LogP contribution in [0.15, 0.2) is 52.0 Å². The first kappa shape index (κ1) is 18.4. The minimum atomic E-state index is -3.33. The van der Waals surface area contributed by atoms with Crippen molar-refractivity contribution in [2.45, 2.75) is 23.2 Å². The number of pyridine rings is 1. The van der Waals surface area contributed by atoms with Crippen molar-refractivity contribution in [2.24, 2.45) is 0 Å². The number of halogens is 1. The topological polar surface area (TPSA) is 68.3 Å². The predicted molar refractivity (Wildman–Crippen MR) is 102 cm³/mol. The zero-order valence-corrected chi connectivity index (χ0v) is 16.4. The Hall–Kier alpha value is -1.44. The van der Waals surface area contributed by atoms with E-state index in [1.807, 2.05) is 12.1 Å². The van der Waals surface area contributed by atoms with Crippen LogP contribution in [0.3, 0.4) is 0 Å². The summed E-state index contributed by atoms with van der Waals surface area (Å²) >= 11 is 3.48. The fourth-order valence-corrected chi connectivity index (χ4v) is 4.27. The summed E-state index contributed by atoms with van der Waals surface area (Å²) in [6.07, 6.45) is 4.56. The van der Waals surface area contributed by atoms with Crippen molar-refractivity contribution < 1.29 is 13.2 Å². The van der Waals surface area contributed by atoms with Gasteiger partial charge in [0.1, 0.15) is 10.7 Å². The van der Waals surface area contributed by atoms with E-state index in [-0.39, 0.29) is 10.3 Å². The highest BCUT2D eigenvalue weighted by atomic mass is 79.9. The van der Waals surface area contributed by atoms with E-state index in [9.17, 15) is 8.42 Å². The lowest BCUT2D eigenvalue weighted by atomic mass is 9.74. The van der Waals surface area contributed by atoms with Gasteiger partial charge in [-0.3, -0.25) is 0 Å². The molecule has 0 amide bonds. The Balaban J connectivity index is 1.89. The van der Waals surface area contributed by atoms with E-state index in [1.54, 1.807) is 18.3 Å². The first-order valence-corrected chi connectivity index (χ1v) is 10.8. The van der Waals surface area contributed by atoms with E-state index >= 15 is 0 Å². The molecule has 134 valence electrons. The first-order chi connectivity index (χ1) is 11.9. The standard InChI is InChI=1S/C18H21BrN2O3S/c1-25(22,23)16-3-2-10-20-17(16)21-13-18(8-11-24-12-9-18)14-4-6-15(19)7-5-14/h2-7,10H,8-9,11-13H2,1H3,(H,20,21). The SMILES string of the molecule is CS(=O)(=O)c1cccnc1NCC1(c2ccc(Br)cc2)CCOCC1. The maximum Gasteiger partial charge on any atom is 0.179 e. The zero-order valence-electron chi connectivity index (χ0n) is 14.0. The summed E-state index contributed by atoms with van der Waals surface area (Å²) in [5.74, 6) is 0.410. The van der Waals surface area contributed by atoms with Crippen LogP contribution in [0.5, 0.6) is 0 Å². The Kier molecular flexibility index (Phi) is 5.46. The molecule has 0 bridgehead atoms. The maximum absolute atomic E-state index is 12.0. The number of nitrogens with one attached hydrogen (secondary N) is 1. The first-order valence-electron chi connectivity index (χ1n) is 8.13. The summed E-state index contributed by atoms with van der Waals surface area (Å²) < 4.78 is 30.6. The molecule has 1 aliphatic rings. The molecule has 1 saturated heterocycles. The molecule has 3 rings (SSSR count). The van der Waals surface area contributed by atoms with Gasteiger partial charge in [0, 0.05) is 42.1 Å². The van der Waals surface area contributed by atoms with Crippen LogP contribution in [-0.2, 0) is 20.0 Å². The summed E-state index contributed by atoms with van der Waals surface area (Å²) in [4.78, 5) is 4.47. The van der Waals surface area contributed by atoms with E-state index in [1.165, 1.54) is 11.8 Å². The van der Waals surface area contributed by atoms with Gasteiger partial charge in [-0.25, -0.2) is 13.4 Å². The highest BCUT2D eigenvalue weighted by Gasteiger charge is 2.34. The highest BCUT2D eigenvalue weighted by molar-refractivity contribution is 9.10. The predicted octanol–water partition coefficient (Wildman–Crippen LogP) is 3.41. The number of hydrogen-bond acceptors (Lipinski definition) is 5. The van der Waals surface area contributed by atoms with Crippen LogP contribution in [0.1, 0.15) is 18.4 Å². The maximum atomic E-state index is 12.0. The molecular weight excluding hydrogens is 404 g/mol. The van der Waals surface area contributed by atoms with Crippen LogP contribution in [0.25, 0.3) is 0 Å². The van der Waals surface area contributed by atoms with Gasteiger partial charge in [-0.15, -0.1) is 0 Å². The lowest BCUT2D eigenvalue weighted by molar-refractivity contribution is 0.0543. The van der Waals surface area contributed by atoms with Gasteiger partial charge in [-0.1, -0.05) is 28.1 Å². The molecule has 1 fully saturated rings. The van der Waals surface area contributed by atoms with Crippen LogP contribution >= 0.6 is 15.9 Å². The largest absolute Gasteiger partial charge is 0.381 e. The smallest absolute Gasteiger partial charge is 0.179 e. The molecule has 5 nitrogen and oxygen atoms in total. The lowest BCUT2D eigenvalue weighted by Gasteiger charge is -2.38. The van der Waals surface area contributed by atoms with Crippen LogP contribution in [0, 0.1) is 0 Å². The van der Waals surface area contributed by atoms with E-state index < -0.39 is 9.84 Å². The average Bonchev–Trinajstić information content (AvgIpc) is 2.61. The molecule has 0 unspecified atom stereocenters. The van der Waals surface area contributed by atoms with Gasteiger partial charge in [-0.2, -0.15) is 0 Å². The molecular formula is C18H21BrN2O3S. The molecule has 0 spiro atoms. The monoisotopic (exact) mass is 424 g/mol. The van der Waals surface area contributed by atoms with Crippen LogP contribution in [-0.4, -0.2) is 39.4 Å². The summed E-state index contributed by atoms with van der Waals surface area (Å²) in [6.45, 7) is 2.00. The number of aromatic nitrogens is 1. The number of benzene rings is 1. The Morgan fingerprint density at radius 2 is 1.88 bits per heavy atom. The minimum absolute atomic E-state index is 0.106. The number of hydrogen-bond donors (Lipinski definition) is 1. The van der Waals surface area contributed by atoms with Crippen molar-refractivity contribution in [3.05, 3.63) is 52.6 Å². The summed E-state index contributed by atoms with van der Waals surface area (Å²) in [5.41, 5.74) is 1.12. The highest BCUT2D eigenvalue weighted by Crippen LogP contribution is 2.36. The second kappa shape index (κ2) is 7.43. The number of sulfone groups is 1. The Labute approximate surface area is 156 Å². The molecule has 7 heteroatoms. The van der Waals surface area contributed by atoms with Crippen molar-refractivity contribution in [2.75, 3.05) is 31.3 Å². The van der Waals surface area contributed by atoms with Crippen molar-refractivity contribution in [3.8, 4) is 0 Å². The molecule has 1 N–H and O–H groups in total. The van der Waals surface area contributed by atoms with Crippen LogP contribution in [0.2, 0.25) is 0 Å². The second-order valence-corrected chi connectivity index (χ2v) is 9.28. The third kappa shape index (κ3) is 4.22. The normalized spacial score (nSPS) is 17.2. The van der Waals surface area contributed by atoms with Crippen LogP contribution in [0.4, 0.5) is 5.82 Å². The fourth-order valence-electron chi connectivity index (χ4n) is 3.21. The van der Waals surface area contributed by atoms with Crippen molar-refractivity contribution >= 4 is 31.6 Å². The van der Waals surface area contributed by atoms with Crippen molar-refractivity contribution in [1.82, 2.24) is 4.98 Å². The van der Waals surface area contributed by atoms with Gasteiger partial charge in [0.05, 0.1) is 0 Å². The van der Waals surface area contributed by atoms with Gasteiger partial charge in [-0.05, 0) is 42.7 Å². The van der Waals surface area contributed by atoms with Crippen molar-refractivity contribution in [1.29, 1.82) is 0 Å². The Morgan fingerprint density at radius 1 is 1.20 bits per heavy atom. The molecule has 0 atom stereocenters. The van der Waals surface area contributed by atoms with E-state index in [0.29, 0.717) is 25.6 Å². The number of ether oxygens (including phenoxy) is 1. The molecule has 1 aliphatic heterocycles. The van der Waals surface area contributed by atoms with Gasteiger partial charge in [0.15, 0.2) is 9.84 Å². The van der Waals surface area contributed by atoms with Gasteiger partial charge in [0.25, 0.3) is 0 Å². The van der Waals surface area contributed by atoms with Gasteiger partial charge >= 0.3 is 0 Å². The number of anilines is 1. The molecule has 25 heavy (non-hydrogen) atoms. The van der Waals surface area contributed by atoms with Crippen LogP contribution < -0.4 is 5.32 Å². The third-order valence-electron chi connectivity index (χ3n) is 4.67. The molecule has 1 aromatic carbocycles.